The Labute approximate surface area is 110 Å². The number of carbonyl (C=O) groups excluding carboxylic acids is 1. The van der Waals surface area contributed by atoms with Crippen LogP contribution in [-0.4, -0.2) is 11.8 Å². The van der Waals surface area contributed by atoms with Gasteiger partial charge in [0.15, 0.2) is 23.4 Å². The van der Waals surface area contributed by atoms with E-state index in [1.54, 1.807) is 0 Å². The van der Waals surface area contributed by atoms with Crippen molar-refractivity contribution in [1.29, 1.82) is 0 Å². The number of hydrogen-bond acceptors (Lipinski definition) is 3. The van der Waals surface area contributed by atoms with E-state index in [2.05, 4.69) is 0 Å². The minimum atomic E-state index is -1.20. The van der Waals surface area contributed by atoms with Crippen LogP contribution in [0.5, 0.6) is 5.75 Å². The molecule has 1 rings (SSSR count). The molecule has 0 saturated carbocycles. The second-order valence-electron chi connectivity index (χ2n) is 3.85. The van der Waals surface area contributed by atoms with Crippen LogP contribution < -0.4 is 4.18 Å². The third kappa shape index (κ3) is 3.98. The summed E-state index contributed by atoms with van der Waals surface area (Å²) in [6, 6.07) is 2.97. The van der Waals surface area contributed by atoms with E-state index >= 15 is 0 Å². The fourth-order valence-electron chi connectivity index (χ4n) is 1.41. The first-order chi connectivity index (χ1) is 8.62. The number of hydrogen-bond donors (Lipinski definition) is 0. The zero-order valence-electron chi connectivity index (χ0n) is 10.4. The van der Waals surface area contributed by atoms with Crippen LogP contribution in [0, 0.1) is 5.82 Å². The molecule has 1 aromatic rings. The number of aldehydes is 1. The second kappa shape index (κ2) is 7.36. The fourth-order valence-corrected chi connectivity index (χ4v) is 2.07. The molecule has 0 fully saturated rings. The Morgan fingerprint density at radius 3 is 2.72 bits per heavy atom. The monoisotopic (exact) mass is 274 g/mol. The Hall–Kier alpha value is -1.10. The van der Waals surface area contributed by atoms with Crippen LogP contribution in [0.1, 0.15) is 42.6 Å². The molecule has 0 spiro atoms. The molecular formula is C13H16F2O2S. The maximum absolute atomic E-state index is 13.7. The molecule has 5 heteroatoms. The van der Waals surface area contributed by atoms with Crippen molar-refractivity contribution in [3.8, 4) is 5.75 Å². The normalized spacial score (nSPS) is 12.2. The summed E-state index contributed by atoms with van der Waals surface area (Å²) in [5, 5.41) is 0. The predicted octanol–water partition coefficient (Wildman–Crippen LogP) is 4.32. The van der Waals surface area contributed by atoms with Gasteiger partial charge in [0.05, 0.1) is 17.6 Å². The largest absolute Gasteiger partial charge is 0.420 e. The fraction of sp³-hybridized carbons (Fsp3) is 0.462. The van der Waals surface area contributed by atoms with Gasteiger partial charge in [0.25, 0.3) is 0 Å². The smallest absolute Gasteiger partial charge is 0.182 e. The van der Waals surface area contributed by atoms with E-state index in [0.717, 1.165) is 5.56 Å². The summed E-state index contributed by atoms with van der Waals surface area (Å²) in [5.74, 6) is -0.821. The summed E-state index contributed by atoms with van der Waals surface area (Å²) in [4.78, 5) is 10.7. The van der Waals surface area contributed by atoms with Gasteiger partial charge in [-0.05, 0) is 30.5 Å². The topological polar surface area (TPSA) is 26.3 Å². The van der Waals surface area contributed by atoms with Crippen LogP contribution in [0.25, 0.3) is 0 Å². The summed E-state index contributed by atoms with van der Waals surface area (Å²) >= 11 is 0.584. The van der Waals surface area contributed by atoms with E-state index in [4.69, 9.17) is 4.18 Å². The first-order valence-electron chi connectivity index (χ1n) is 5.87. The van der Waals surface area contributed by atoms with Gasteiger partial charge in [-0.15, -0.1) is 0 Å². The van der Waals surface area contributed by atoms with Crippen LogP contribution in [0.4, 0.5) is 8.78 Å². The standard InChI is InChI=1S/C13H16F2O2S/c1-3-5-12(14)18-17-11-7-9(4-2)6-10(8-16)13(11)15/h6-8,12H,3-5H2,1-2H3. The zero-order valence-corrected chi connectivity index (χ0v) is 11.2. The minimum Gasteiger partial charge on any atom is -0.420 e. The molecule has 0 aromatic heterocycles. The van der Waals surface area contributed by atoms with Gasteiger partial charge in [-0.1, -0.05) is 20.3 Å². The van der Waals surface area contributed by atoms with Crippen molar-refractivity contribution in [2.45, 2.75) is 38.6 Å². The number of halogens is 2. The van der Waals surface area contributed by atoms with Crippen LogP contribution in [0.2, 0.25) is 0 Å². The van der Waals surface area contributed by atoms with Gasteiger partial charge in [-0.3, -0.25) is 4.79 Å². The molecule has 1 aromatic carbocycles. The van der Waals surface area contributed by atoms with E-state index in [0.29, 0.717) is 37.6 Å². The van der Waals surface area contributed by atoms with Gasteiger partial charge in [0.2, 0.25) is 0 Å². The lowest BCUT2D eigenvalue weighted by Gasteiger charge is -2.10. The quantitative estimate of drug-likeness (QED) is 0.547. The molecular weight excluding hydrogens is 258 g/mol. The van der Waals surface area contributed by atoms with Crippen molar-refractivity contribution in [2.75, 3.05) is 0 Å². The summed E-state index contributed by atoms with van der Waals surface area (Å²) in [5.41, 5.74) is -0.477. The Kier molecular flexibility index (Phi) is 6.12. The first kappa shape index (κ1) is 15.0. The van der Waals surface area contributed by atoms with E-state index in [1.165, 1.54) is 12.1 Å². The Morgan fingerprint density at radius 1 is 1.44 bits per heavy atom. The summed E-state index contributed by atoms with van der Waals surface area (Å²) < 4.78 is 32.0. The minimum absolute atomic E-state index is 0.0594. The molecule has 1 unspecified atom stereocenters. The third-order valence-electron chi connectivity index (χ3n) is 2.42. The first-order valence-corrected chi connectivity index (χ1v) is 6.67. The highest BCUT2D eigenvalue weighted by atomic mass is 32.2. The molecule has 0 saturated heterocycles. The molecule has 0 aliphatic rings. The van der Waals surface area contributed by atoms with Crippen LogP contribution in [-0.2, 0) is 6.42 Å². The van der Waals surface area contributed by atoms with Crippen molar-refractivity contribution >= 4 is 18.3 Å². The lowest BCUT2D eigenvalue weighted by molar-refractivity contribution is 0.111. The van der Waals surface area contributed by atoms with Gasteiger partial charge in [0, 0.05) is 0 Å². The molecule has 2 nitrogen and oxygen atoms in total. The van der Waals surface area contributed by atoms with E-state index in [-0.39, 0.29) is 11.3 Å². The molecule has 0 heterocycles. The van der Waals surface area contributed by atoms with Crippen molar-refractivity contribution in [3.63, 3.8) is 0 Å². The average Bonchev–Trinajstić information content (AvgIpc) is 2.38. The SMILES string of the molecule is CCCC(F)SOc1cc(CC)cc(C=O)c1F. The van der Waals surface area contributed by atoms with Crippen molar-refractivity contribution in [3.05, 3.63) is 29.1 Å². The van der Waals surface area contributed by atoms with Crippen LogP contribution in [0.3, 0.4) is 0 Å². The van der Waals surface area contributed by atoms with Gasteiger partial charge in [0.1, 0.15) is 0 Å². The lowest BCUT2D eigenvalue weighted by Crippen LogP contribution is -2.00. The van der Waals surface area contributed by atoms with E-state index in [1.807, 2.05) is 13.8 Å². The third-order valence-corrected chi connectivity index (χ3v) is 3.14. The molecule has 0 bridgehead atoms. The van der Waals surface area contributed by atoms with E-state index < -0.39 is 11.3 Å². The molecule has 100 valence electrons. The second-order valence-corrected chi connectivity index (χ2v) is 4.72. The van der Waals surface area contributed by atoms with Gasteiger partial charge in [-0.25, -0.2) is 8.78 Å². The van der Waals surface area contributed by atoms with Crippen molar-refractivity contribution in [2.24, 2.45) is 0 Å². The maximum atomic E-state index is 13.7. The van der Waals surface area contributed by atoms with Crippen LogP contribution in [0.15, 0.2) is 12.1 Å². The number of alkyl halides is 1. The van der Waals surface area contributed by atoms with Gasteiger partial charge in [-0.2, -0.15) is 0 Å². The average molecular weight is 274 g/mol. The molecule has 0 aliphatic carbocycles. The summed E-state index contributed by atoms with van der Waals surface area (Å²) in [6.07, 6.45) is 2.12. The molecule has 0 radical (unpaired) electrons. The maximum Gasteiger partial charge on any atom is 0.182 e. The number of aryl methyl sites for hydroxylation is 1. The molecule has 0 amide bonds. The Bertz CT molecular complexity index is 410. The van der Waals surface area contributed by atoms with Crippen molar-refractivity contribution < 1.29 is 17.8 Å². The predicted molar refractivity (Wildman–Crippen MR) is 69.2 cm³/mol. The number of carbonyl (C=O) groups is 1. The molecule has 18 heavy (non-hydrogen) atoms. The van der Waals surface area contributed by atoms with Crippen LogP contribution >= 0.6 is 12.0 Å². The summed E-state index contributed by atoms with van der Waals surface area (Å²) in [7, 11) is 0. The zero-order chi connectivity index (χ0) is 13.5. The number of benzene rings is 1. The van der Waals surface area contributed by atoms with Crippen molar-refractivity contribution in [1.82, 2.24) is 0 Å². The summed E-state index contributed by atoms with van der Waals surface area (Å²) in [6.45, 7) is 3.74. The Morgan fingerprint density at radius 2 is 2.17 bits per heavy atom. The highest BCUT2D eigenvalue weighted by molar-refractivity contribution is 7.95. The highest BCUT2D eigenvalue weighted by Gasteiger charge is 2.14. The highest BCUT2D eigenvalue weighted by Crippen LogP contribution is 2.28. The van der Waals surface area contributed by atoms with Gasteiger partial charge < -0.3 is 4.18 Å². The molecule has 1 atom stereocenters. The number of rotatable bonds is 7. The van der Waals surface area contributed by atoms with E-state index in [9.17, 15) is 13.6 Å². The Balaban J connectivity index is 2.83. The molecule has 0 N–H and O–H groups in total. The lowest BCUT2D eigenvalue weighted by atomic mass is 10.1. The van der Waals surface area contributed by atoms with Gasteiger partial charge >= 0.3 is 0 Å². The molecule has 0 aliphatic heterocycles.